The monoisotopic (exact) mass is 330 g/mol. The SMILES string of the molecule is CCOC(=O)CC(SP(=S)(CO)OC)C(=O)OCC. The number of aliphatic hydroxyl groups excluding tert-OH is 1. The molecule has 0 amide bonds. The van der Waals surface area contributed by atoms with E-state index in [0.29, 0.717) is 0 Å². The summed E-state index contributed by atoms with van der Waals surface area (Å²) in [6.45, 7) is 3.78. The normalized spacial score (nSPS) is 15.4. The number of rotatable bonds is 9. The molecule has 9 heteroatoms. The smallest absolute Gasteiger partial charge is 0.320 e. The highest BCUT2D eigenvalue weighted by Crippen LogP contribution is 2.60. The molecule has 1 N–H and O–H groups in total. The van der Waals surface area contributed by atoms with Crippen molar-refractivity contribution in [2.75, 3.05) is 26.7 Å². The Bertz CT molecular complexity index is 341. The van der Waals surface area contributed by atoms with Crippen LogP contribution in [0.15, 0.2) is 0 Å². The third-order valence-corrected chi connectivity index (χ3v) is 7.87. The van der Waals surface area contributed by atoms with E-state index in [4.69, 9.17) is 25.8 Å². The summed E-state index contributed by atoms with van der Waals surface area (Å²) >= 11 is 6.12. The Kier molecular flexibility index (Phi) is 9.64. The van der Waals surface area contributed by atoms with Crippen molar-refractivity contribution in [1.82, 2.24) is 0 Å². The van der Waals surface area contributed by atoms with Crippen LogP contribution in [-0.4, -0.2) is 49.0 Å². The van der Waals surface area contributed by atoms with Crippen molar-refractivity contribution in [3.8, 4) is 0 Å². The second kappa shape index (κ2) is 9.72. The quantitative estimate of drug-likeness (QED) is 0.503. The number of carbonyl (C=O) groups is 2. The number of carbonyl (C=O) groups excluding carboxylic acids is 2. The molecule has 6 nitrogen and oxygen atoms in total. The van der Waals surface area contributed by atoms with Gasteiger partial charge in [0, 0.05) is 7.11 Å². The average molecular weight is 330 g/mol. The highest BCUT2D eigenvalue weighted by Gasteiger charge is 2.31. The topological polar surface area (TPSA) is 82.1 Å². The fourth-order valence-corrected chi connectivity index (χ4v) is 5.16. The molecule has 0 aromatic carbocycles. The molecule has 2 atom stereocenters. The predicted octanol–water partition coefficient (Wildman–Crippen LogP) is 1.51. The minimum Gasteiger partial charge on any atom is -0.466 e. The maximum atomic E-state index is 11.8. The van der Waals surface area contributed by atoms with E-state index in [1.165, 1.54) is 7.11 Å². The lowest BCUT2D eigenvalue weighted by atomic mass is 10.3. The van der Waals surface area contributed by atoms with E-state index in [2.05, 4.69) is 0 Å². The van der Waals surface area contributed by atoms with Crippen LogP contribution in [-0.2, 0) is 35.4 Å². The van der Waals surface area contributed by atoms with Crippen LogP contribution < -0.4 is 0 Å². The largest absolute Gasteiger partial charge is 0.466 e. The summed E-state index contributed by atoms with van der Waals surface area (Å²) in [5.74, 6) is -1.07. The van der Waals surface area contributed by atoms with Gasteiger partial charge in [0.1, 0.15) is 17.1 Å². The molecule has 19 heavy (non-hydrogen) atoms. The predicted molar refractivity (Wildman–Crippen MR) is 77.6 cm³/mol. The molecule has 0 saturated carbocycles. The molecule has 0 aliphatic rings. The Labute approximate surface area is 122 Å². The molecule has 0 heterocycles. The number of esters is 2. The summed E-state index contributed by atoms with van der Waals surface area (Å²) in [4.78, 5) is 23.2. The van der Waals surface area contributed by atoms with E-state index in [0.717, 1.165) is 11.4 Å². The molecular formula is C10H19O6PS2. The zero-order chi connectivity index (χ0) is 14.9. The van der Waals surface area contributed by atoms with E-state index in [-0.39, 0.29) is 26.0 Å². The second-order valence-electron chi connectivity index (χ2n) is 3.29. The van der Waals surface area contributed by atoms with Crippen LogP contribution in [0, 0.1) is 0 Å². The summed E-state index contributed by atoms with van der Waals surface area (Å²) in [5.41, 5.74) is -2.59. The highest BCUT2D eigenvalue weighted by atomic mass is 32.9. The van der Waals surface area contributed by atoms with E-state index in [9.17, 15) is 14.7 Å². The first-order chi connectivity index (χ1) is 8.92. The van der Waals surface area contributed by atoms with Gasteiger partial charge in [-0.3, -0.25) is 9.59 Å². The van der Waals surface area contributed by atoms with Crippen LogP contribution in [0.4, 0.5) is 0 Å². The van der Waals surface area contributed by atoms with Gasteiger partial charge in [-0.05, 0) is 13.8 Å². The molecule has 0 aliphatic carbocycles. The average Bonchev–Trinajstić information content (AvgIpc) is 2.38. The van der Waals surface area contributed by atoms with Gasteiger partial charge in [-0.15, -0.1) is 0 Å². The number of hydrogen-bond acceptors (Lipinski definition) is 8. The Balaban J connectivity index is 4.81. The van der Waals surface area contributed by atoms with Crippen molar-refractivity contribution in [2.45, 2.75) is 25.5 Å². The fraction of sp³-hybridized carbons (Fsp3) is 0.800. The van der Waals surface area contributed by atoms with E-state index in [1.807, 2.05) is 0 Å². The standard InChI is InChI=1S/C10H19O6PS2/c1-4-15-9(12)6-8(10(13)16-5-2)19-17(18,7-11)14-3/h8,11H,4-7H2,1-3H3. The molecule has 0 aliphatic heterocycles. The summed E-state index contributed by atoms with van der Waals surface area (Å²) in [6.07, 6.45) is -0.513. The molecular weight excluding hydrogens is 311 g/mol. The van der Waals surface area contributed by atoms with E-state index in [1.54, 1.807) is 13.8 Å². The van der Waals surface area contributed by atoms with Crippen molar-refractivity contribution in [3.05, 3.63) is 0 Å². The Hall–Kier alpha value is -0.140. The summed E-state index contributed by atoms with van der Waals surface area (Å²) in [6, 6.07) is 0. The van der Waals surface area contributed by atoms with Gasteiger partial charge < -0.3 is 19.1 Å². The number of aliphatic hydroxyl groups is 1. The van der Waals surface area contributed by atoms with Gasteiger partial charge in [0.25, 0.3) is 0 Å². The molecule has 0 rings (SSSR count). The van der Waals surface area contributed by atoms with Gasteiger partial charge in [-0.25, -0.2) is 0 Å². The molecule has 0 radical (unpaired) electrons. The van der Waals surface area contributed by atoms with Gasteiger partial charge in [-0.1, -0.05) is 23.2 Å². The van der Waals surface area contributed by atoms with Crippen LogP contribution >= 0.6 is 16.8 Å². The molecule has 0 aromatic heterocycles. The molecule has 0 spiro atoms. The molecule has 0 bridgehead atoms. The van der Waals surface area contributed by atoms with Crippen molar-refractivity contribution in [1.29, 1.82) is 0 Å². The van der Waals surface area contributed by atoms with Crippen LogP contribution in [0.2, 0.25) is 0 Å². The lowest BCUT2D eigenvalue weighted by Crippen LogP contribution is -2.24. The molecule has 0 fully saturated rings. The van der Waals surface area contributed by atoms with Crippen LogP contribution in [0.1, 0.15) is 20.3 Å². The van der Waals surface area contributed by atoms with Gasteiger partial charge in [0.15, 0.2) is 0 Å². The van der Waals surface area contributed by atoms with Gasteiger partial charge in [0.2, 0.25) is 0 Å². The lowest BCUT2D eigenvalue weighted by molar-refractivity contribution is -0.149. The first-order valence-electron chi connectivity index (χ1n) is 5.68. The zero-order valence-corrected chi connectivity index (χ0v) is 13.7. The summed E-state index contributed by atoms with van der Waals surface area (Å²) < 4.78 is 14.7. The Morgan fingerprint density at radius 1 is 1.32 bits per heavy atom. The zero-order valence-electron chi connectivity index (χ0n) is 11.2. The third kappa shape index (κ3) is 7.27. The van der Waals surface area contributed by atoms with Crippen molar-refractivity contribution in [3.63, 3.8) is 0 Å². The molecule has 0 aromatic rings. The Morgan fingerprint density at radius 2 is 1.89 bits per heavy atom. The second-order valence-corrected chi connectivity index (χ2v) is 10.8. The third-order valence-electron chi connectivity index (χ3n) is 1.95. The van der Waals surface area contributed by atoms with Gasteiger partial charge >= 0.3 is 11.9 Å². The van der Waals surface area contributed by atoms with Crippen molar-refractivity contribution >= 4 is 40.6 Å². The lowest BCUT2D eigenvalue weighted by Gasteiger charge is -2.21. The van der Waals surface area contributed by atoms with Gasteiger partial charge in [-0.2, -0.15) is 0 Å². The highest BCUT2D eigenvalue weighted by molar-refractivity contribution is 8.69. The van der Waals surface area contributed by atoms with Crippen LogP contribution in [0.5, 0.6) is 0 Å². The Morgan fingerprint density at radius 3 is 2.32 bits per heavy atom. The molecule has 0 saturated heterocycles. The molecule has 2 unspecified atom stereocenters. The summed E-state index contributed by atoms with van der Waals surface area (Å²) in [7, 11) is 1.37. The van der Waals surface area contributed by atoms with E-state index >= 15 is 0 Å². The number of ether oxygens (including phenoxy) is 2. The van der Waals surface area contributed by atoms with Gasteiger partial charge in [0.05, 0.1) is 19.6 Å². The first kappa shape index (κ1) is 18.9. The molecule has 112 valence electrons. The van der Waals surface area contributed by atoms with Crippen molar-refractivity contribution < 1.29 is 28.7 Å². The first-order valence-corrected chi connectivity index (χ1v) is 10.1. The van der Waals surface area contributed by atoms with Crippen molar-refractivity contribution in [2.24, 2.45) is 0 Å². The number of hydrogen-bond donors (Lipinski definition) is 1. The minimum atomic E-state index is -2.59. The fourth-order valence-electron chi connectivity index (χ4n) is 1.10. The summed E-state index contributed by atoms with van der Waals surface area (Å²) in [5, 5.41) is 8.39. The minimum absolute atomic E-state index is 0.154. The van der Waals surface area contributed by atoms with Crippen LogP contribution in [0.25, 0.3) is 0 Å². The maximum absolute atomic E-state index is 11.8. The van der Waals surface area contributed by atoms with E-state index < -0.39 is 22.7 Å². The maximum Gasteiger partial charge on any atom is 0.320 e. The van der Waals surface area contributed by atoms with Crippen LogP contribution in [0.3, 0.4) is 0 Å².